The van der Waals surface area contributed by atoms with Crippen molar-refractivity contribution >= 4 is 11.4 Å². The molecule has 0 saturated carbocycles. The minimum atomic E-state index is 0.228. The molecule has 4 rings (SSSR count). The number of aromatic hydroxyl groups is 1. The summed E-state index contributed by atoms with van der Waals surface area (Å²) in [5.41, 5.74) is 19.4. The van der Waals surface area contributed by atoms with Gasteiger partial charge in [-0.3, -0.25) is 0 Å². The molecule has 4 aromatic rings. The lowest BCUT2D eigenvalue weighted by molar-refractivity contribution is 0.477. The van der Waals surface area contributed by atoms with Crippen LogP contribution in [0.25, 0.3) is 33.4 Å². The van der Waals surface area contributed by atoms with Crippen molar-refractivity contribution in [1.29, 1.82) is 0 Å². The Hall–Kier alpha value is -3.72. The molecule has 0 aliphatic rings. The third-order valence-corrected chi connectivity index (χ3v) is 4.74. The standard InChI is InChI=1S/C24H20N2O/c25-21-13-4-1-8-16(21)18-11-7-12-19(17-9-3-6-15-23(17)27)24(18)20-10-2-5-14-22(20)26/h1-15,27H,25-26H2. The van der Waals surface area contributed by atoms with Gasteiger partial charge in [0.15, 0.2) is 0 Å². The summed E-state index contributed by atoms with van der Waals surface area (Å²) in [4.78, 5) is 0. The Bertz CT molecular complexity index is 1050. The number of anilines is 2. The third-order valence-electron chi connectivity index (χ3n) is 4.74. The van der Waals surface area contributed by atoms with Crippen molar-refractivity contribution < 1.29 is 5.11 Å². The van der Waals surface area contributed by atoms with Crippen LogP contribution in [0.3, 0.4) is 0 Å². The minimum absolute atomic E-state index is 0.228. The van der Waals surface area contributed by atoms with Crippen LogP contribution in [0.1, 0.15) is 0 Å². The molecule has 3 nitrogen and oxygen atoms in total. The smallest absolute Gasteiger partial charge is 0.123 e. The lowest BCUT2D eigenvalue weighted by Gasteiger charge is -2.19. The van der Waals surface area contributed by atoms with Crippen LogP contribution in [0.4, 0.5) is 11.4 Å². The van der Waals surface area contributed by atoms with Crippen LogP contribution in [0.2, 0.25) is 0 Å². The summed E-state index contributed by atoms with van der Waals surface area (Å²) in [5.74, 6) is 0.228. The normalized spacial score (nSPS) is 10.7. The maximum atomic E-state index is 10.5. The lowest BCUT2D eigenvalue weighted by Crippen LogP contribution is -1.97. The molecule has 0 bridgehead atoms. The summed E-state index contributed by atoms with van der Waals surface area (Å²) in [6.45, 7) is 0. The zero-order chi connectivity index (χ0) is 18.8. The summed E-state index contributed by atoms with van der Waals surface area (Å²) in [6.07, 6.45) is 0. The Morgan fingerprint density at radius 1 is 0.444 bits per heavy atom. The van der Waals surface area contributed by atoms with Gasteiger partial charge >= 0.3 is 0 Å². The van der Waals surface area contributed by atoms with E-state index in [9.17, 15) is 5.11 Å². The molecule has 0 amide bonds. The van der Waals surface area contributed by atoms with Crippen LogP contribution in [0.15, 0.2) is 91.0 Å². The van der Waals surface area contributed by atoms with Gasteiger partial charge in [0.2, 0.25) is 0 Å². The number of para-hydroxylation sites is 3. The summed E-state index contributed by atoms with van der Waals surface area (Å²) in [7, 11) is 0. The quantitative estimate of drug-likeness (QED) is 0.423. The SMILES string of the molecule is Nc1ccccc1-c1cccc(-c2ccccc2O)c1-c1ccccc1N. The third kappa shape index (κ3) is 3.00. The number of nitrogens with two attached hydrogens (primary N) is 2. The zero-order valence-corrected chi connectivity index (χ0v) is 14.8. The van der Waals surface area contributed by atoms with E-state index < -0.39 is 0 Å². The first-order valence-corrected chi connectivity index (χ1v) is 8.78. The molecule has 0 atom stereocenters. The fraction of sp³-hybridized carbons (Fsp3) is 0. The second kappa shape index (κ2) is 6.89. The van der Waals surface area contributed by atoms with Crippen LogP contribution in [-0.4, -0.2) is 5.11 Å². The van der Waals surface area contributed by atoms with Gasteiger partial charge in [0.25, 0.3) is 0 Å². The average Bonchev–Trinajstić information content (AvgIpc) is 2.69. The Kier molecular flexibility index (Phi) is 4.27. The molecule has 0 radical (unpaired) electrons. The van der Waals surface area contributed by atoms with Gasteiger partial charge in [-0.2, -0.15) is 0 Å². The molecule has 5 N–H and O–H groups in total. The van der Waals surface area contributed by atoms with Crippen LogP contribution >= 0.6 is 0 Å². The second-order valence-corrected chi connectivity index (χ2v) is 6.42. The van der Waals surface area contributed by atoms with Crippen LogP contribution < -0.4 is 11.5 Å². The van der Waals surface area contributed by atoms with Gasteiger partial charge in [0.05, 0.1) is 0 Å². The van der Waals surface area contributed by atoms with Crippen molar-refractivity contribution in [3.63, 3.8) is 0 Å². The molecule has 3 heteroatoms. The largest absolute Gasteiger partial charge is 0.507 e. The predicted molar refractivity (Wildman–Crippen MR) is 113 cm³/mol. The Labute approximate surface area is 158 Å². The molecule has 27 heavy (non-hydrogen) atoms. The number of hydrogen-bond donors (Lipinski definition) is 3. The minimum Gasteiger partial charge on any atom is -0.507 e. The molecular weight excluding hydrogens is 332 g/mol. The molecule has 0 fully saturated rings. The van der Waals surface area contributed by atoms with E-state index in [0.717, 1.165) is 33.4 Å². The first kappa shape index (κ1) is 16.7. The van der Waals surface area contributed by atoms with E-state index in [4.69, 9.17) is 11.5 Å². The maximum absolute atomic E-state index is 10.5. The zero-order valence-electron chi connectivity index (χ0n) is 14.8. The van der Waals surface area contributed by atoms with Gasteiger partial charge < -0.3 is 16.6 Å². The van der Waals surface area contributed by atoms with Crippen molar-refractivity contribution in [2.75, 3.05) is 11.5 Å². The molecular formula is C24H20N2O. The molecule has 4 aromatic carbocycles. The highest BCUT2D eigenvalue weighted by atomic mass is 16.3. The number of benzene rings is 4. The fourth-order valence-electron chi connectivity index (χ4n) is 3.46. The van der Waals surface area contributed by atoms with Crippen LogP contribution in [0, 0.1) is 0 Å². The Morgan fingerprint density at radius 3 is 1.48 bits per heavy atom. The van der Waals surface area contributed by atoms with Gasteiger partial charge in [0.1, 0.15) is 5.75 Å². The highest BCUT2D eigenvalue weighted by molar-refractivity contribution is 6.00. The first-order chi connectivity index (χ1) is 13.2. The molecule has 0 saturated heterocycles. The van der Waals surface area contributed by atoms with Crippen molar-refractivity contribution in [3.8, 4) is 39.1 Å². The molecule has 132 valence electrons. The van der Waals surface area contributed by atoms with Crippen molar-refractivity contribution in [1.82, 2.24) is 0 Å². The summed E-state index contributed by atoms with van der Waals surface area (Å²) >= 11 is 0. The van der Waals surface area contributed by atoms with Crippen molar-refractivity contribution in [2.24, 2.45) is 0 Å². The lowest BCUT2D eigenvalue weighted by atomic mass is 9.86. The first-order valence-electron chi connectivity index (χ1n) is 8.78. The molecule has 0 unspecified atom stereocenters. The van der Waals surface area contributed by atoms with Gasteiger partial charge in [-0.25, -0.2) is 0 Å². The van der Waals surface area contributed by atoms with E-state index in [0.29, 0.717) is 11.4 Å². The van der Waals surface area contributed by atoms with Crippen molar-refractivity contribution in [3.05, 3.63) is 91.0 Å². The van der Waals surface area contributed by atoms with Gasteiger partial charge in [-0.1, -0.05) is 72.8 Å². The van der Waals surface area contributed by atoms with Crippen LogP contribution in [-0.2, 0) is 0 Å². The van der Waals surface area contributed by atoms with E-state index in [1.807, 2.05) is 84.9 Å². The topological polar surface area (TPSA) is 72.3 Å². The number of phenolic OH excluding ortho intramolecular Hbond substituents is 1. The number of rotatable bonds is 3. The predicted octanol–water partition coefficient (Wildman–Crippen LogP) is 5.56. The summed E-state index contributed by atoms with van der Waals surface area (Å²) in [5, 5.41) is 10.5. The number of phenols is 1. The molecule has 0 aliphatic carbocycles. The van der Waals surface area contributed by atoms with Crippen LogP contribution in [0.5, 0.6) is 5.75 Å². The molecule has 0 aliphatic heterocycles. The molecule has 0 spiro atoms. The van der Waals surface area contributed by atoms with E-state index >= 15 is 0 Å². The van der Waals surface area contributed by atoms with E-state index in [-0.39, 0.29) is 5.75 Å². The second-order valence-electron chi connectivity index (χ2n) is 6.42. The monoisotopic (exact) mass is 352 g/mol. The van der Waals surface area contributed by atoms with Gasteiger partial charge in [-0.15, -0.1) is 0 Å². The highest BCUT2D eigenvalue weighted by Crippen LogP contribution is 2.45. The van der Waals surface area contributed by atoms with Gasteiger partial charge in [0, 0.05) is 28.1 Å². The highest BCUT2D eigenvalue weighted by Gasteiger charge is 2.18. The van der Waals surface area contributed by atoms with E-state index in [2.05, 4.69) is 0 Å². The number of hydrogen-bond acceptors (Lipinski definition) is 3. The summed E-state index contributed by atoms with van der Waals surface area (Å²) in [6, 6.07) is 28.9. The average molecular weight is 352 g/mol. The maximum Gasteiger partial charge on any atom is 0.123 e. The van der Waals surface area contributed by atoms with Gasteiger partial charge in [-0.05, 0) is 34.9 Å². The van der Waals surface area contributed by atoms with Crippen molar-refractivity contribution in [2.45, 2.75) is 0 Å². The molecule has 0 aromatic heterocycles. The summed E-state index contributed by atoms with van der Waals surface area (Å²) < 4.78 is 0. The fourth-order valence-corrected chi connectivity index (χ4v) is 3.46. The molecule has 0 heterocycles. The Balaban J connectivity index is 2.10. The number of nitrogen functional groups attached to an aromatic ring is 2. The van der Waals surface area contributed by atoms with E-state index in [1.54, 1.807) is 6.07 Å². The van der Waals surface area contributed by atoms with E-state index in [1.165, 1.54) is 0 Å². The Morgan fingerprint density at radius 2 is 0.889 bits per heavy atom.